The molecule has 1 saturated carbocycles. The highest BCUT2D eigenvalue weighted by atomic mass is 35.6. The van der Waals surface area contributed by atoms with Gasteiger partial charge in [0.05, 0.1) is 0 Å². The predicted octanol–water partition coefficient (Wildman–Crippen LogP) is 5.28. The lowest BCUT2D eigenvalue weighted by molar-refractivity contribution is 0.00533. The molecule has 0 aromatic carbocycles. The van der Waals surface area contributed by atoms with Crippen molar-refractivity contribution >= 4 is 46.7 Å². The van der Waals surface area contributed by atoms with Crippen molar-refractivity contribution in [3.05, 3.63) is 11.8 Å². The second-order valence-corrected chi connectivity index (χ2v) is 9.72. The first-order valence-electron chi connectivity index (χ1n) is 8.80. The minimum absolute atomic E-state index is 0.149. The van der Waals surface area contributed by atoms with E-state index in [1.54, 1.807) is 13.0 Å². The molecule has 6 nitrogen and oxygen atoms in total. The normalized spacial score (nSPS) is 25.0. The van der Waals surface area contributed by atoms with Gasteiger partial charge in [-0.15, -0.1) is 0 Å². The second-order valence-electron chi connectivity index (χ2n) is 7.36. The highest BCUT2D eigenvalue weighted by Gasteiger charge is 2.37. The molecule has 1 fully saturated rings. The zero-order chi connectivity index (χ0) is 19.5. The summed E-state index contributed by atoms with van der Waals surface area (Å²) in [5.74, 6) is 2.22. The molecule has 0 bridgehead atoms. The Bertz CT molecular complexity index is 604. The van der Waals surface area contributed by atoms with Gasteiger partial charge in [0.1, 0.15) is 11.9 Å². The average Bonchev–Trinajstić information content (AvgIpc) is 2.90. The summed E-state index contributed by atoms with van der Waals surface area (Å²) < 4.78 is 8.86. The molecular weight excluding hydrogens is 401 g/mol. The standard InChI is InChI=1S/C17H26Cl3N3O3/c1-9(2)12-6-5-10(3)7-13(12)25-16(24)22-15(17(18,19)20)21-14-8-11(4)26-23-14/h8-10,12-13,15H,5-7H2,1-4H3,(H,21,23)(H,22,24)/t10-,12-,13+,15+/m1/s1. The lowest BCUT2D eigenvalue weighted by Gasteiger charge is -2.37. The van der Waals surface area contributed by atoms with E-state index in [1.165, 1.54) is 0 Å². The van der Waals surface area contributed by atoms with Crippen LogP contribution in [0.5, 0.6) is 0 Å². The van der Waals surface area contributed by atoms with Crippen LogP contribution in [0.2, 0.25) is 0 Å². The van der Waals surface area contributed by atoms with Crippen LogP contribution in [0.15, 0.2) is 10.6 Å². The van der Waals surface area contributed by atoms with Crippen molar-refractivity contribution < 1.29 is 14.1 Å². The van der Waals surface area contributed by atoms with E-state index in [9.17, 15) is 4.79 Å². The van der Waals surface area contributed by atoms with Crippen LogP contribution >= 0.6 is 34.8 Å². The summed E-state index contributed by atoms with van der Waals surface area (Å²) in [5.41, 5.74) is 0. The van der Waals surface area contributed by atoms with Gasteiger partial charge in [0, 0.05) is 6.07 Å². The van der Waals surface area contributed by atoms with Crippen LogP contribution in [0.25, 0.3) is 0 Å². The van der Waals surface area contributed by atoms with Crippen molar-refractivity contribution in [2.45, 2.75) is 63.0 Å². The Hall–Kier alpha value is -0.850. The van der Waals surface area contributed by atoms with Crippen molar-refractivity contribution in [1.82, 2.24) is 10.5 Å². The number of amides is 1. The van der Waals surface area contributed by atoms with E-state index >= 15 is 0 Å². The van der Waals surface area contributed by atoms with Crippen molar-refractivity contribution in [2.24, 2.45) is 17.8 Å². The van der Waals surface area contributed by atoms with Gasteiger partial charge in [-0.1, -0.05) is 67.2 Å². The first-order valence-corrected chi connectivity index (χ1v) is 9.93. The molecule has 1 heterocycles. The van der Waals surface area contributed by atoms with E-state index in [-0.39, 0.29) is 6.10 Å². The number of aromatic nitrogens is 1. The van der Waals surface area contributed by atoms with Crippen molar-refractivity contribution in [3.8, 4) is 0 Å². The molecule has 0 unspecified atom stereocenters. The van der Waals surface area contributed by atoms with Crippen LogP contribution < -0.4 is 10.6 Å². The van der Waals surface area contributed by atoms with E-state index in [1.807, 2.05) is 0 Å². The molecule has 0 spiro atoms. The number of ether oxygens (including phenoxy) is 1. The monoisotopic (exact) mass is 425 g/mol. The average molecular weight is 427 g/mol. The fourth-order valence-corrected chi connectivity index (χ4v) is 3.65. The Morgan fingerprint density at radius 1 is 1.38 bits per heavy atom. The fraction of sp³-hybridized carbons (Fsp3) is 0.765. The maximum Gasteiger partial charge on any atom is 0.409 e. The number of hydrogen-bond donors (Lipinski definition) is 2. The molecule has 2 rings (SSSR count). The lowest BCUT2D eigenvalue weighted by Crippen LogP contribution is -2.50. The summed E-state index contributed by atoms with van der Waals surface area (Å²) in [6.45, 7) is 8.20. The van der Waals surface area contributed by atoms with E-state index in [0.29, 0.717) is 29.3 Å². The Kier molecular flexibility index (Phi) is 7.34. The van der Waals surface area contributed by atoms with Gasteiger partial charge in [0.25, 0.3) is 0 Å². The molecule has 1 aromatic rings. The largest absolute Gasteiger partial charge is 0.446 e. The van der Waals surface area contributed by atoms with Gasteiger partial charge in [-0.05, 0) is 37.5 Å². The van der Waals surface area contributed by atoms with E-state index in [0.717, 1.165) is 19.3 Å². The number of hydrogen-bond acceptors (Lipinski definition) is 5. The fourth-order valence-electron chi connectivity index (χ4n) is 3.32. The van der Waals surface area contributed by atoms with E-state index in [2.05, 4.69) is 36.6 Å². The van der Waals surface area contributed by atoms with Gasteiger partial charge < -0.3 is 14.6 Å². The first kappa shape index (κ1) is 21.5. The highest BCUT2D eigenvalue weighted by molar-refractivity contribution is 6.68. The number of nitrogens with one attached hydrogen (secondary N) is 2. The highest BCUT2D eigenvalue weighted by Crippen LogP contribution is 2.36. The minimum atomic E-state index is -1.80. The zero-order valence-corrected chi connectivity index (χ0v) is 17.7. The Morgan fingerprint density at radius 2 is 2.08 bits per heavy atom. The summed E-state index contributed by atoms with van der Waals surface area (Å²) in [5, 5.41) is 9.21. The molecule has 2 N–H and O–H groups in total. The molecule has 0 saturated heterocycles. The number of carbonyl (C=O) groups excluding carboxylic acids is 1. The Morgan fingerprint density at radius 3 is 2.62 bits per heavy atom. The van der Waals surface area contributed by atoms with Gasteiger partial charge in [-0.2, -0.15) is 0 Å². The Balaban J connectivity index is 2.01. The maximum atomic E-state index is 12.4. The van der Waals surface area contributed by atoms with Gasteiger partial charge in [-0.25, -0.2) is 4.79 Å². The summed E-state index contributed by atoms with van der Waals surface area (Å²) in [6, 6.07) is 1.63. The quantitative estimate of drug-likeness (QED) is 0.495. The molecule has 0 aliphatic heterocycles. The molecule has 0 radical (unpaired) electrons. The topological polar surface area (TPSA) is 76.4 Å². The smallest absolute Gasteiger partial charge is 0.409 e. The summed E-state index contributed by atoms with van der Waals surface area (Å²) in [7, 11) is 0. The van der Waals surface area contributed by atoms with Crippen LogP contribution in [0.4, 0.5) is 10.6 Å². The van der Waals surface area contributed by atoms with Crippen LogP contribution in [-0.2, 0) is 4.74 Å². The molecule has 148 valence electrons. The number of nitrogens with zero attached hydrogens (tertiary/aromatic N) is 1. The molecule has 9 heteroatoms. The van der Waals surface area contributed by atoms with Crippen molar-refractivity contribution in [2.75, 3.05) is 5.32 Å². The van der Waals surface area contributed by atoms with Crippen LogP contribution in [0.3, 0.4) is 0 Å². The molecule has 1 amide bonds. The number of halogens is 3. The van der Waals surface area contributed by atoms with Crippen molar-refractivity contribution in [3.63, 3.8) is 0 Å². The first-order chi connectivity index (χ1) is 12.1. The summed E-state index contributed by atoms with van der Waals surface area (Å²) in [4.78, 5) is 12.4. The number of alkyl halides is 3. The summed E-state index contributed by atoms with van der Waals surface area (Å²) in [6.07, 6.45) is 1.23. The van der Waals surface area contributed by atoms with Crippen molar-refractivity contribution in [1.29, 1.82) is 0 Å². The molecule has 1 aliphatic carbocycles. The van der Waals surface area contributed by atoms with Crippen LogP contribution in [-0.4, -0.2) is 27.3 Å². The van der Waals surface area contributed by atoms with Crippen LogP contribution in [0, 0.1) is 24.7 Å². The number of anilines is 1. The third-order valence-electron chi connectivity index (χ3n) is 4.73. The zero-order valence-electron chi connectivity index (χ0n) is 15.4. The van der Waals surface area contributed by atoms with E-state index < -0.39 is 16.1 Å². The second kappa shape index (κ2) is 8.89. The molecule has 1 aliphatic rings. The SMILES string of the molecule is Cc1cc(N[C@@H](NC(=O)O[C@H]2C[C@H](C)CC[C@@H]2C(C)C)C(Cl)(Cl)Cl)no1. The van der Waals surface area contributed by atoms with Gasteiger partial charge in [0.2, 0.25) is 3.79 Å². The maximum absolute atomic E-state index is 12.4. The van der Waals surface area contributed by atoms with Gasteiger partial charge in [-0.3, -0.25) is 5.32 Å². The number of rotatable bonds is 5. The number of alkyl carbamates (subject to hydrolysis) is 1. The third kappa shape index (κ3) is 6.10. The molecule has 26 heavy (non-hydrogen) atoms. The van der Waals surface area contributed by atoms with Gasteiger partial charge in [0.15, 0.2) is 12.0 Å². The minimum Gasteiger partial charge on any atom is -0.446 e. The molecular formula is C17H26Cl3N3O3. The number of carbonyl (C=O) groups is 1. The van der Waals surface area contributed by atoms with E-state index in [4.69, 9.17) is 44.1 Å². The summed E-state index contributed by atoms with van der Waals surface area (Å²) >= 11 is 18.0. The third-order valence-corrected chi connectivity index (χ3v) is 5.38. The van der Waals surface area contributed by atoms with Gasteiger partial charge >= 0.3 is 6.09 Å². The Labute approximate surface area is 169 Å². The molecule has 4 atom stereocenters. The number of aryl methyl sites for hydroxylation is 1. The molecule has 1 aromatic heterocycles. The predicted molar refractivity (Wildman–Crippen MR) is 104 cm³/mol. The lowest BCUT2D eigenvalue weighted by atomic mass is 9.75. The van der Waals surface area contributed by atoms with Crippen LogP contribution in [0.1, 0.15) is 45.8 Å².